The smallest absolute Gasteiger partial charge is 0.248 e. The van der Waals surface area contributed by atoms with Crippen LogP contribution in [0.25, 0.3) is 0 Å². The van der Waals surface area contributed by atoms with Crippen molar-refractivity contribution >= 4 is 17.7 Å². The van der Waals surface area contributed by atoms with E-state index in [1.54, 1.807) is 22.0 Å². The molecule has 0 aromatic heterocycles. The van der Waals surface area contributed by atoms with Crippen molar-refractivity contribution in [2.75, 3.05) is 32.8 Å². The van der Waals surface area contributed by atoms with Gasteiger partial charge in [0, 0.05) is 32.7 Å². The number of aliphatic hydroxyl groups excluding tert-OH is 1. The summed E-state index contributed by atoms with van der Waals surface area (Å²) >= 11 is 0. The number of β-amino-alcohol motifs (C(OH)–C–C–N with tert-alkyl or cyclic N) is 1. The second-order valence-electron chi connectivity index (χ2n) is 10.5. The predicted molar refractivity (Wildman–Crippen MR) is 140 cm³/mol. The number of rotatable bonds is 12. The summed E-state index contributed by atoms with van der Waals surface area (Å²) in [6.07, 6.45) is 5.23. The molecule has 1 aromatic rings. The Hall–Kier alpha value is -2.97. The van der Waals surface area contributed by atoms with Gasteiger partial charge in [-0.2, -0.15) is 0 Å². The van der Waals surface area contributed by atoms with Crippen molar-refractivity contribution < 1.29 is 24.2 Å². The third-order valence-corrected chi connectivity index (χ3v) is 8.15. The number of nitrogens with zero attached hydrogens (tertiary/aromatic N) is 3. The van der Waals surface area contributed by atoms with Crippen molar-refractivity contribution in [3.05, 3.63) is 61.2 Å². The van der Waals surface area contributed by atoms with Crippen LogP contribution in [0.3, 0.4) is 0 Å². The van der Waals surface area contributed by atoms with Crippen LogP contribution < -0.4 is 0 Å². The molecule has 4 rings (SSSR count). The average Bonchev–Trinajstić information content (AvgIpc) is 3.45. The number of carbonyl (C=O) groups excluding carboxylic acids is 3. The van der Waals surface area contributed by atoms with Gasteiger partial charge in [-0.3, -0.25) is 14.4 Å². The molecule has 37 heavy (non-hydrogen) atoms. The molecule has 3 aliphatic rings. The third-order valence-electron chi connectivity index (χ3n) is 8.15. The Kier molecular flexibility index (Phi) is 7.90. The molecule has 2 unspecified atom stereocenters. The lowest BCUT2D eigenvalue weighted by atomic mass is 9.66. The predicted octanol–water partition coefficient (Wildman–Crippen LogP) is 2.38. The second-order valence-corrected chi connectivity index (χ2v) is 10.5. The Morgan fingerprint density at radius 2 is 1.81 bits per heavy atom. The molecule has 8 nitrogen and oxygen atoms in total. The molecule has 5 atom stereocenters. The zero-order valence-electron chi connectivity index (χ0n) is 22.0. The van der Waals surface area contributed by atoms with Crippen LogP contribution in [0.2, 0.25) is 0 Å². The SMILES string of the molecule is C=CCN(Cc1ccccc1)C(=O)C1N(CCO)C(=O)[C@@H]2[C@H](C(=O)N(CC=C)CCC)[C@]3(C)CCC12O3. The molecule has 200 valence electrons. The summed E-state index contributed by atoms with van der Waals surface area (Å²) in [5, 5.41) is 9.84. The minimum atomic E-state index is -1.11. The van der Waals surface area contributed by atoms with Crippen LogP contribution in [-0.2, 0) is 25.7 Å². The fourth-order valence-electron chi connectivity index (χ4n) is 6.71. The van der Waals surface area contributed by atoms with E-state index in [1.165, 1.54) is 4.90 Å². The molecule has 3 saturated heterocycles. The van der Waals surface area contributed by atoms with E-state index in [0.29, 0.717) is 39.0 Å². The van der Waals surface area contributed by atoms with Crippen LogP contribution in [-0.4, -0.2) is 87.6 Å². The highest BCUT2D eigenvalue weighted by Crippen LogP contribution is 2.63. The van der Waals surface area contributed by atoms with Gasteiger partial charge in [0.25, 0.3) is 0 Å². The lowest BCUT2D eigenvalue weighted by Crippen LogP contribution is -2.56. The van der Waals surface area contributed by atoms with Crippen LogP contribution in [0.15, 0.2) is 55.6 Å². The lowest BCUT2D eigenvalue weighted by Gasteiger charge is -2.36. The zero-order chi connectivity index (χ0) is 26.8. The maximum Gasteiger partial charge on any atom is 0.248 e. The molecule has 3 amide bonds. The van der Waals surface area contributed by atoms with Crippen molar-refractivity contribution in [3.8, 4) is 0 Å². The molecule has 2 bridgehead atoms. The van der Waals surface area contributed by atoms with Gasteiger partial charge in [-0.15, -0.1) is 13.2 Å². The van der Waals surface area contributed by atoms with Gasteiger partial charge in [-0.05, 0) is 31.7 Å². The molecular formula is C29H39N3O5. The highest BCUT2D eigenvalue weighted by atomic mass is 16.5. The lowest BCUT2D eigenvalue weighted by molar-refractivity contribution is -0.154. The molecule has 1 aromatic carbocycles. The molecule has 0 saturated carbocycles. The number of fused-ring (bicyclic) bond motifs is 1. The second kappa shape index (κ2) is 10.8. The highest BCUT2D eigenvalue weighted by Gasteiger charge is 2.78. The molecule has 1 spiro atoms. The quantitative estimate of drug-likeness (QED) is 0.437. The number of amides is 3. The fraction of sp³-hybridized carbons (Fsp3) is 0.552. The zero-order valence-corrected chi connectivity index (χ0v) is 22.0. The van der Waals surface area contributed by atoms with Gasteiger partial charge in [-0.25, -0.2) is 0 Å². The maximum atomic E-state index is 14.2. The molecular weight excluding hydrogens is 470 g/mol. The van der Waals surface area contributed by atoms with E-state index in [4.69, 9.17) is 4.74 Å². The molecule has 8 heteroatoms. The molecule has 0 aliphatic carbocycles. The number of ether oxygens (including phenoxy) is 1. The van der Waals surface area contributed by atoms with Crippen molar-refractivity contribution in [2.24, 2.45) is 11.8 Å². The summed E-state index contributed by atoms with van der Waals surface area (Å²) < 4.78 is 6.68. The monoisotopic (exact) mass is 509 g/mol. The van der Waals surface area contributed by atoms with E-state index in [9.17, 15) is 19.5 Å². The molecule has 3 fully saturated rings. The van der Waals surface area contributed by atoms with E-state index in [-0.39, 0.29) is 30.9 Å². The van der Waals surface area contributed by atoms with Gasteiger partial charge in [0.2, 0.25) is 17.7 Å². The Labute approximate surface area is 219 Å². The molecule has 3 aliphatic heterocycles. The van der Waals surface area contributed by atoms with Crippen LogP contribution in [0.4, 0.5) is 0 Å². The number of carbonyl (C=O) groups is 3. The van der Waals surface area contributed by atoms with Crippen LogP contribution in [0, 0.1) is 11.8 Å². The van der Waals surface area contributed by atoms with Crippen molar-refractivity contribution in [1.82, 2.24) is 14.7 Å². The summed E-state index contributed by atoms with van der Waals surface area (Å²) in [4.78, 5) is 47.0. The van der Waals surface area contributed by atoms with Crippen molar-refractivity contribution in [3.63, 3.8) is 0 Å². The maximum absolute atomic E-state index is 14.2. The highest BCUT2D eigenvalue weighted by molar-refractivity contribution is 5.99. The third kappa shape index (κ3) is 4.50. The Morgan fingerprint density at radius 3 is 2.43 bits per heavy atom. The number of likely N-dealkylation sites (tertiary alicyclic amines) is 1. The minimum Gasteiger partial charge on any atom is -0.395 e. The number of hydrogen-bond donors (Lipinski definition) is 1. The first kappa shape index (κ1) is 27.1. The molecule has 3 heterocycles. The van der Waals surface area contributed by atoms with Crippen LogP contribution in [0.1, 0.15) is 38.7 Å². The number of aliphatic hydroxyl groups is 1. The van der Waals surface area contributed by atoms with Crippen molar-refractivity contribution in [2.45, 2.75) is 56.9 Å². The van der Waals surface area contributed by atoms with E-state index in [2.05, 4.69) is 13.2 Å². The minimum absolute atomic E-state index is 0.00702. The van der Waals surface area contributed by atoms with E-state index in [0.717, 1.165) is 12.0 Å². The van der Waals surface area contributed by atoms with Crippen LogP contribution in [0.5, 0.6) is 0 Å². The van der Waals surface area contributed by atoms with E-state index >= 15 is 0 Å². The summed E-state index contributed by atoms with van der Waals surface area (Å²) in [6.45, 7) is 12.8. The summed E-state index contributed by atoms with van der Waals surface area (Å²) in [6, 6.07) is 8.74. The number of hydrogen-bond acceptors (Lipinski definition) is 5. The van der Waals surface area contributed by atoms with Gasteiger partial charge < -0.3 is 24.5 Å². The summed E-state index contributed by atoms with van der Waals surface area (Å²) in [5.41, 5.74) is -0.987. The van der Waals surface area contributed by atoms with Gasteiger partial charge in [-0.1, -0.05) is 49.4 Å². The molecule has 0 radical (unpaired) electrons. The van der Waals surface area contributed by atoms with Crippen molar-refractivity contribution in [1.29, 1.82) is 0 Å². The van der Waals surface area contributed by atoms with E-state index < -0.39 is 29.1 Å². The van der Waals surface area contributed by atoms with Crippen LogP contribution >= 0.6 is 0 Å². The van der Waals surface area contributed by atoms with Gasteiger partial charge >= 0.3 is 0 Å². The van der Waals surface area contributed by atoms with Gasteiger partial charge in [0.15, 0.2) is 0 Å². The largest absolute Gasteiger partial charge is 0.395 e. The topological polar surface area (TPSA) is 90.4 Å². The summed E-state index contributed by atoms with van der Waals surface area (Å²) in [5.74, 6) is -2.13. The average molecular weight is 510 g/mol. The first-order valence-corrected chi connectivity index (χ1v) is 13.2. The van der Waals surface area contributed by atoms with E-state index in [1.807, 2.05) is 44.2 Å². The summed E-state index contributed by atoms with van der Waals surface area (Å²) in [7, 11) is 0. The Bertz CT molecular complexity index is 1050. The molecule has 1 N–H and O–H groups in total. The number of benzene rings is 1. The Balaban J connectivity index is 1.73. The van der Waals surface area contributed by atoms with Gasteiger partial charge in [0.05, 0.1) is 24.0 Å². The Morgan fingerprint density at radius 1 is 1.14 bits per heavy atom. The first-order chi connectivity index (χ1) is 17.8. The first-order valence-electron chi connectivity index (χ1n) is 13.2. The normalized spacial score (nSPS) is 29.8. The standard InChI is InChI=1S/C29H39N3O5/c1-5-15-30(16-6-2)25(34)22-23-26(35)32(18-19-33)24(29(23)14-13-28(22,4)37-29)27(36)31(17-7-3)20-21-11-9-8-10-12-21/h5,7-12,22-24,33H,1,3,6,13-20H2,2,4H3/t22-,23+,24?,28+,29?/m1/s1. The van der Waals surface area contributed by atoms with Gasteiger partial charge in [0.1, 0.15) is 11.6 Å². The fourth-order valence-corrected chi connectivity index (χ4v) is 6.71.